The van der Waals surface area contributed by atoms with Crippen LogP contribution in [0.5, 0.6) is 0 Å². The Hall–Kier alpha value is -0.550. The fourth-order valence-corrected chi connectivity index (χ4v) is 3.95. The lowest BCUT2D eigenvalue weighted by Gasteiger charge is -2.38. The Balaban J connectivity index is 1.52. The predicted molar refractivity (Wildman–Crippen MR) is 81.9 cm³/mol. The first-order chi connectivity index (χ1) is 9.86. The molecule has 20 heavy (non-hydrogen) atoms. The van der Waals surface area contributed by atoms with Gasteiger partial charge in [-0.05, 0) is 45.0 Å². The summed E-state index contributed by atoms with van der Waals surface area (Å²) in [5.74, 6) is 3.06. The average molecular weight is 295 g/mol. The van der Waals surface area contributed by atoms with Gasteiger partial charge in [0, 0.05) is 12.0 Å². The van der Waals surface area contributed by atoms with Crippen LogP contribution in [-0.4, -0.2) is 40.4 Å². The van der Waals surface area contributed by atoms with E-state index in [9.17, 15) is 0 Å². The second-order valence-electron chi connectivity index (χ2n) is 6.08. The second-order valence-corrected chi connectivity index (χ2v) is 6.95. The van der Waals surface area contributed by atoms with Crippen LogP contribution in [0.25, 0.3) is 0 Å². The van der Waals surface area contributed by atoms with Crippen molar-refractivity contribution in [3.8, 4) is 0 Å². The van der Waals surface area contributed by atoms with Crippen LogP contribution < -0.4 is 0 Å². The number of likely N-dealkylation sites (tertiary alicyclic amines) is 1. The number of piperidine rings is 1. The summed E-state index contributed by atoms with van der Waals surface area (Å²) in [5, 5.41) is 4.07. The van der Waals surface area contributed by atoms with Crippen molar-refractivity contribution < 1.29 is 4.52 Å². The Morgan fingerprint density at radius 2 is 1.90 bits per heavy atom. The molecule has 0 aromatic carbocycles. The molecule has 112 valence electrons. The molecular formula is C15H25N3OS. The Morgan fingerprint density at radius 1 is 1.15 bits per heavy atom. The standard InChI is InChI=1S/C15H25N3OS/c1-20-11-14-16-15(19-17-14)12-7-9-18(10-8-12)13-5-3-2-4-6-13/h12-13H,2-11H2,1H3. The molecule has 3 rings (SSSR count). The molecule has 5 heteroatoms. The van der Waals surface area contributed by atoms with E-state index in [0.717, 1.165) is 23.5 Å². The molecule has 0 atom stereocenters. The third kappa shape index (κ3) is 3.37. The van der Waals surface area contributed by atoms with Crippen molar-refractivity contribution in [3.05, 3.63) is 11.7 Å². The molecule has 4 nitrogen and oxygen atoms in total. The monoisotopic (exact) mass is 295 g/mol. The predicted octanol–water partition coefficient (Wildman–Crippen LogP) is 3.44. The van der Waals surface area contributed by atoms with Crippen molar-refractivity contribution >= 4 is 11.8 Å². The summed E-state index contributed by atoms with van der Waals surface area (Å²) in [6.45, 7) is 2.41. The van der Waals surface area contributed by atoms with E-state index in [-0.39, 0.29) is 0 Å². The third-order valence-corrected chi connectivity index (χ3v) is 5.27. The maximum atomic E-state index is 5.44. The quantitative estimate of drug-likeness (QED) is 0.851. The molecular weight excluding hydrogens is 270 g/mol. The van der Waals surface area contributed by atoms with Gasteiger partial charge in [-0.15, -0.1) is 0 Å². The van der Waals surface area contributed by atoms with Gasteiger partial charge in [0.05, 0.1) is 5.75 Å². The molecule has 1 saturated heterocycles. The summed E-state index contributed by atoms with van der Waals surface area (Å²) in [7, 11) is 0. The lowest BCUT2D eigenvalue weighted by Crippen LogP contribution is -2.41. The Kier molecular flexibility index (Phi) is 4.99. The van der Waals surface area contributed by atoms with E-state index in [0.29, 0.717) is 5.92 Å². The number of rotatable bonds is 4. The van der Waals surface area contributed by atoms with Crippen LogP contribution in [0.4, 0.5) is 0 Å². The van der Waals surface area contributed by atoms with Crippen molar-refractivity contribution in [2.75, 3.05) is 19.3 Å². The van der Waals surface area contributed by atoms with E-state index in [2.05, 4.69) is 21.3 Å². The van der Waals surface area contributed by atoms with Crippen LogP contribution in [0.15, 0.2) is 4.52 Å². The number of nitrogens with zero attached hydrogens (tertiary/aromatic N) is 3. The first-order valence-electron chi connectivity index (χ1n) is 7.92. The highest BCUT2D eigenvalue weighted by molar-refractivity contribution is 7.97. The van der Waals surface area contributed by atoms with Crippen LogP contribution >= 0.6 is 11.8 Å². The van der Waals surface area contributed by atoms with Gasteiger partial charge in [0.25, 0.3) is 0 Å². The van der Waals surface area contributed by atoms with Crippen LogP contribution in [0.3, 0.4) is 0 Å². The zero-order chi connectivity index (χ0) is 13.8. The average Bonchev–Trinajstić information content (AvgIpc) is 2.97. The fourth-order valence-electron chi connectivity index (χ4n) is 3.58. The highest BCUT2D eigenvalue weighted by Gasteiger charge is 2.29. The number of aromatic nitrogens is 2. The molecule has 0 bridgehead atoms. The van der Waals surface area contributed by atoms with E-state index in [1.165, 1.54) is 58.0 Å². The summed E-state index contributed by atoms with van der Waals surface area (Å²) in [4.78, 5) is 7.25. The van der Waals surface area contributed by atoms with Gasteiger partial charge in [0.1, 0.15) is 0 Å². The molecule has 0 N–H and O–H groups in total. The Bertz CT molecular complexity index is 409. The summed E-state index contributed by atoms with van der Waals surface area (Å²) < 4.78 is 5.44. The van der Waals surface area contributed by atoms with E-state index < -0.39 is 0 Å². The molecule has 0 unspecified atom stereocenters. The molecule has 1 aromatic heterocycles. The normalized spacial score (nSPS) is 23.2. The van der Waals surface area contributed by atoms with E-state index in [1.54, 1.807) is 11.8 Å². The van der Waals surface area contributed by atoms with Crippen molar-refractivity contribution in [1.29, 1.82) is 0 Å². The van der Waals surface area contributed by atoms with Crippen LogP contribution in [-0.2, 0) is 5.75 Å². The highest BCUT2D eigenvalue weighted by Crippen LogP contribution is 2.31. The summed E-state index contributed by atoms with van der Waals surface area (Å²) >= 11 is 1.74. The molecule has 0 radical (unpaired) electrons. The van der Waals surface area contributed by atoms with Gasteiger partial charge in [-0.1, -0.05) is 24.4 Å². The Morgan fingerprint density at radius 3 is 2.60 bits per heavy atom. The summed E-state index contributed by atoms with van der Waals surface area (Å²) in [6.07, 6.45) is 11.5. The zero-order valence-electron chi connectivity index (χ0n) is 12.4. The van der Waals surface area contributed by atoms with Crippen molar-refractivity contribution in [1.82, 2.24) is 15.0 Å². The Labute approximate surface area is 125 Å². The van der Waals surface area contributed by atoms with Crippen LogP contribution in [0.2, 0.25) is 0 Å². The maximum absolute atomic E-state index is 5.44. The van der Waals surface area contributed by atoms with Gasteiger partial charge in [-0.3, -0.25) is 0 Å². The molecule has 0 amide bonds. The summed E-state index contributed by atoms with van der Waals surface area (Å²) in [5.41, 5.74) is 0. The molecule has 1 aliphatic carbocycles. The van der Waals surface area contributed by atoms with E-state index >= 15 is 0 Å². The first kappa shape index (κ1) is 14.4. The molecule has 2 fully saturated rings. The largest absolute Gasteiger partial charge is 0.339 e. The minimum Gasteiger partial charge on any atom is -0.339 e. The summed E-state index contributed by atoms with van der Waals surface area (Å²) in [6, 6.07) is 0.847. The number of hydrogen-bond donors (Lipinski definition) is 0. The topological polar surface area (TPSA) is 42.2 Å². The van der Waals surface area contributed by atoms with Gasteiger partial charge in [-0.25, -0.2) is 0 Å². The number of hydrogen-bond acceptors (Lipinski definition) is 5. The second kappa shape index (κ2) is 6.94. The highest BCUT2D eigenvalue weighted by atomic mass is 32.2. The van der Waals surface area contributed by atoms with Crippen molar-refractivity contribution in [2.24, 2.45) is 0 Å². The van der Waals surface area contributed by atoms with Gasteiger partial charge >= 0.3 is 0 Å². The minimum absolute atomic E-state index is 0.484. The molecule has 0 spiro atoms. The minimum atomic E-state index is 0.484. The van der Waals surface area contributed by atoms with Crippen molar-refractivity contribution in [2.45, 2.75) is 62.7 Å². The molecule has 2 aliphatic rings. The molecule has 2 heterocycles. The lowest BCUT2D eigenvalue weighted by atomic mass is 9.90. The van der Waals surface area contributed by atoms with E-state index in [1.807, 2.05) is 0 Å². The van der Waals surface area contributed by atoms with Crippen LogP contribution in [0.1, 0.15) is 62.6 Å². The lowest BCUT2D eigenvalue weighted by molar-refractivity contribution is 0.115. The molecule has 1 saturated carbocycles. The van der Waals surface area contributed by atoms with Crippen molar-refractivity contribution in [3.63, 3.8) is 0 Å². The van der Waals surface area contributed by atoms with Gasteiger partial charge < -0.3 is 9.42 Å². The maximum Gasteiger partial charge on any atom is 0.229 e. The first-order valence-corrected chi connectivity index (χ1v) is 9.31. The smallest absolute Gasteiger partial charge is 0.229 e. The third-order valence-electron chi connectivity index (χ3n) is 4.73. The fraction of sp³-hybridized carbons (Fsp3) is 0.867. The number of thioether (sulfide) groups is 1. The SMILES string of the molecule is CSCc1noc(C2CCN(C3CCCCC3)CC2)n1. The zero-order valence-corrected chi connectivity index (χ0v) is 13.2. The van der Waals surface area contributed by atoms with Gasteiger partial charge in [-0.2, -0.15) is 16.7 Å². The van der Waals surface area contributed by atoms with Gasteiger partial charge in [0.15, 0.2) is 5.82 Å². The van der Waals surface area contributed by atoms with Gasteiger partial charge in [0.2, 0.25) is 5.89 Å². The van der Waals surface area contributed by atoms with Crippen LogP contribution in [0, 0.1) is 0 Å². The van der Waals surface area contributed by atoms with E-state index in [4.69, 9.17) is 4.52 Å². The molecule has 1 aliphatic heterocycles. The molecule has 1 aromatic rings.